The van der Waals surface area contributed by atoms with Crippen LogP contribution in [0.4, 0.5) is 10.1 Å². The van der Waals surface area contributed by atoms with Crippen LogP contribution >= 0.6 is 11.8 Å². The van der Waals surface area contributed by atoms with Crippen LogP contribution in [0.2, 0.25) is 0 Å². The Bertz CT molecular complexity index is 445. The van der Waals surface area contributed by atoms with Gasteiger partial charge in [0.15, 0.2) is 5.17 Å². The molecule has 1 aromatic rings. The highest BCUT2D eigenvalue weighted by Crippen LogP contribution is 2.26. The van der Waals surface area contributed by atoms with Gasteiger partial charge in [-0.3, -0.25) is 4.99 Å². The van der Waals surface area contributed by atoms with Crippen molar-refractivity contribution in [2.45, 2.75) is 38.5 Å². The van der Waals surface area contributed by atoms with E-state index in [9.17, 15) is 4.39 Å². The molecule has 0 aliphatic carbocycles. The highest BCUT2D eigenvalue weighted by atomic mass is 32.2. The van der Waals surface area contributed by atoms with Crippen LogP contribution in [0.25, 0.3) is 0 Å². The maximum absolute atomic E-state index is 13.1. The van der Waals surface area contributed by atoms with Crippen LogP contribution in [0.1, 0.15) is 25.8 Å². The smallest absolute Gasteiger partial charge is 0.161 e. The third-order valence-electron chi connectivity index (χ3n) is 2.73. The Labute approximate surface area is 106 Å². The molecule has 0 aromatic heterocycles. The fraction of sp³-hybridized carbons (Fsp3) is 0.462. The number of nitrogens with zero attached hydrogens (tertiary/aromatic N) is 1. The Morgan fingerprint density at radius 1 is 1.41 bits per heavy atom. The standard InChI is InChI=1S/C13H17FN2S/c1-8-6-11(4-5-12(8)14)16-13-15-9(2)7-10(3)17-13/h4-6,9-10H,7H2,1-3H3,(H,15,16). The zero-order chi connectivity index (χ0) is 12.4. The lowest BCUT2D eigenvalue weighted by Gasteiger charge is -2.23. The highest BCUT2D eigenvalue weighted by Gasteiger charge is 2.18. The van der Waals surface area contributed by atoms with Crippen molar-refractivity contribution in [3.63, 3.8) is 0 Å². The first-order valence-corrected chi connectivity index (χ1v) is 6.70. The molecule has 1 aliphatic heterocycles. The molecule has 1 aromatic carbocycles. The van der Waals surface area contributed by atoms with Crippen LogP contribution in [0, 0.1) is 12.7 Å². The average Bonchev–Trinajstić information content (AvgIpc) is 2.22. The van der Waals surface area contributed by atoms with Crippen LogP contribution in [0.5, 0.6) is 0 Å². The minimum absolute atomic E-state index is 0.171. The second-order valence-electron chi connectivity index (χ2n) is 4.54. The molecule has 92 valence electrons. The molecule has 4 heteroatoms. The third kappa shape index (κ3) is 3.22. The molecule has 17 heavy (non-hydrogen) atoms. The minimum Gasteiger partial charge on any atom is -0.335 e. The third-order valence-corrected chi connectivity index (χ3v) is 3.76. The zero-order valence-corrected chi connectivity index (χ0v) is 11.1. The second kappa shape index (κ2) is 5.08. The molecule has 1 aliphatic rings. The zero-order valence-electron chi connectivity index (χ0n) is 10.3. The summed E-state index contributed by atoms with van der Waals surface area (Å²) < 4.78 is 13.1. The molecule has 0 saturated heterocycles. The number of benzene rings is 1. The summed E-state index contributed by atoms with van der Waals surface area (Å²) in [7, 11) is 0. The molecule has 2 atom stereocenters. The highest BCUT2D eigenvalue weighted by molar-refractivity contribution is 8.14. The van der Waals surface area contributed by atoms with Crippen molar-refractivity contribution in [2.24, 2.45) is 4.99 Å². The quantitative estimate of drug-likeness (QED) is 0.821. The largest absolute Gasteiger partial charge is 0.335 e. The van der Waals surface area contributed by atoms with E-state index in [1.165, 1.54) is 6.07 Å². The summed E-state index contributed by atoms with van der Waals surface area (Å²) in [6, 6.07) is 5.39. The van der Waals surface area contributed by atoms with Gasteiger partial charge < -0.3 is 5.32 Å². The van der Waals surface area contributed by atoms with Crippen LogP contribution in [-0.2, 0) is 0 Å². The molecule has 0 radical (unpaired) electrons. The van der Waals surface area contributed by atoms with Crippen molar-refractivity contribution < 1.29 is 4.39 Å². The summed E-state index contributed by atoms with van der Waals surface area (Å²) in [5.74, 6) is -0.171. The van der Waals surface area contributed by atoms with Crippen LogP contribution in [0.15, 0.2) is 23.2 Å². The van der Waals surface area contributed by atoms with Gasteiger partial charge in [-0.05, 0) is 44.0 Å². The molecule has 2 nitrogen and oxygen atoms in total. The topological polar surface area (TPSA) is 24.4 Å². The molecule has 0 bridgehead atoms. The van der Waals surface area contributed by atoms with Gasteiger partial charge in [-0.2, -0.15) is 0 Å². The first-order valence-electron chi connectivity index (χ1n) is 5.82. The Kier molecular flexibility index (Phi) is 3.72. The normalized spacial score (nSPS) is 24.4. The fourth-order valence-electron chi connectivity index (χ4n) is 1.91. The van der Waals surface area contributed by atoms with Gasteiger partial charge in [-0.15, -0.1) is 0 Å². The first kappa shape index (κ1) is 12.4. The van der Waals surface area contributed by atoms with Crippen LogP contribution < -0.4 is 5.32 Å². The number of hydrogen-bond acceptors (Lipinski definition) is 3. The first-order chi connectivity index (χ1) is 8.04. The number of thioether (sulfide) groups is 1. The molecule has 0 fully saturated rings. The van der Waals surface area contributed by atoms with E-state index in [2.05, 4.69) is 24.2 Å². The molecular formula is C13H17FN2S. The molecule has 1 N–H and O–H groups in total. The molecule has 0 amide bonds. The van der Waals surface area contributed by atoms with Crippen molar-refractivity contribution in [3.8, 4) is 0 Å². The summed E-state index contributed by atoms with van der Waals surface area (Å²) in [6.45, 7) is 6.09. The summed E-state index contributed by atoms with van der Waals surface area (Å²) >= 11 is 1.74. The number of amidine groups is 1. The Morgan fingerprint density at radius 2 is 2.18 bits per heavy atom. The van der Waals surface area contributed by atoms with E-state index in [4.69, 9.17) is 0 Å². The van der Waals surface area contributed by atoms with E-state index >= 15 is 0 Å². The summed E-state index contributed by atoms with van der Waals surface area (Å²) in [4.78, 5) is 4.55. The van der Waals surface area contributed by atoms with Crippen LogP contribution in [0.3, 0.4) is 0 Å². The van der Waals surface area contributed by atoms with Crippen molar-refractivity contribution >= 4 is 22.6 Å². The van der Waals surface area contributed by atoms with E-state index in [0.29, 0.717) is 16.9 Å². The van der Waals surface area contributed by atoms with E-state index < -0.39 is 0 Å². The number of rotatable bonds is 1. The van der Waals surface area contributed by atoms with E-state index in [1.807, 2.05) is 6.07 Å². The predicted molar refractivity (Wildman–Crippen MR) is 73.3 cm³/mol. The molecule has 2 unspecified atom stereocenters. The van der Waals surface area contributed by atoms with Gasteiger partial charge in [0.25, 0.3) is 0 Å². The lowest BCUT2D eigenvalue weighted by atomic mass is 10.2. The molecule has 0 spiro atoms. The molecular weight excluding hydrogens is 235 g/mol. The molecule has 0 saturated carbocycles. The van der Waals surface area contributed by atoms with Gasteiger partial charge in [0.05, 0.1) is 6.04 Å². The van der Waals surface area contributed by atoms with Crippen molar-refractivity contribution in [1.29, 1.82) is 0 Å². The summed E-state index contributed by atoms with van der Waals surface area (Å²) in [6.07, 6.45) is 1.11. The van der Waals surface area contributed by atoms with Gasteiger partial charge in [0, 0.05) is 10.9 Å². The lowest BCUT2D eigenvalue weighted by molar-refractivity contribution is 0.619. The number of aliphatic imine (C=N–C) groups is 1. The number of nitrogens with one attached hydrogen (secondary N) is 1. The maximum atomic E-state index is 13.1. The Hall–Kier alpha value is -1.03. The van der Waals surface area contributed by atoms with Crippen molar-refractivity contribution in [1.82, 2.24) is 0 Å². The Morgan fingerprint density at radius 3 is 2.82 bits per heavy atom. The van der Waals surface area contributed by atoms with Gasteiger partial charge >= 0.3 is 0 Å². The van der Waals surface area contributed by atoms with E-state index in [-0.39, 0.29) is 5.82 Å². The maximum Gasteiger partial charge on any atom is 0.161 e. The van der Waals surface area contributed by atoms with Gasteiger partial charge in [0.1, 0.15) is 5.82 Å². The Balaban J connectivity index is 2.12. The number of hydrogen-bond donors (Lipinski definition) is 1. The SMILES string of the molecule is Cc1cc(NC2=NC(C)CC(C)S2)ccc1F. The minimum atomic E-state index is -0.171. The predicted octanol–water partition coefficient (Wildman–Crippen LogP) is 3.82. The lowest BCUT2D eigenvalue weighted by Crippen LogP contribution is -2.22. The van der Waals surface area contributed by atoms with Gasteiger partial charge in [0.2, 0.25) is 0 Å². The monoisotopic (exact) mass is 252 g/mol. The molecule has 2 rings (SSSR count). The fourth-order valence-corrected chi connectivity index (χ4v) is 3.08. The average molecular weight is 252 g/mol. The van der Waals surface area contributed by atoms with Gasteiger partial charge in [-0.1, -0.05) is 18.7 Å². The number of aryl methyl sites for hydroxylation is 1. The van der Waals surface area contributed by atoms with E-state index in [0.717, 1.165) is 17.3 Å². The summed E-state index contributed by atoms with van der Waals surface area (Å²) in [5, 5.41) is 4.76. The van der Waals surface area contributed by atoms with Crippen molar-refractivity contribution in [3.05, 3.63) is 29.6 Å². The van der Waals surface area contributed by atoms with Gasteiger partial charge in [-0.25, -0.2) is 4.39 Å². The summed E-state index contributed by atoms with van der Waals surface area (Å²) in [5.41, 5.74) is 1.55. The number of anilines is 1. The van der Waals surface area contributed by atoms with Crippen molar-refractivity contribution in [2.75, 3.05) is 5.32 Å². The van der Waals surface area contributed by atoms with Crippen LogP contribution in [-0.4, -0.2) is 16.5 Å². The number of halogens is 1. The van der Waals surface area contributed by atoms with E-state index in [1.54, 1.807) is 24.8 Å². The second-order valence-corrected chi connectivity index (χ2v) is 5.96. The molecule has 1 heterocycles.